The van der Waals surface area contributed by atoms with E-state index in [9.17, 15) is 24.2 Å². The van der Waals surface area contributed by atoms with Gasteiger partial charge in [-0.2, -0.15) is 0 Å². The number of halogens is 2. The minimum absolute atomic E-state index is 0.0160. The lowest BCUT2D eigenvalue weighted by Crippen LogP contribution is -2.25. The Bertz CT molecular complexity index is 1320. The molecule has 2 heterocycles. The lowest BCUT2D eigenvalue weighted by atomic mass is 10.0. The summed E-state index contributed by atoms with van der Waals surface area (Å²) in [5.74, 6) is -2.14. The molecule has 0 aliphatic carbocycles. The van der Waals surface area contributed by atoms with E-state index in [1.807, 2.05) is 0 Å². The van der Waals surface area contributed by atoms with Crippen molar-refractivity contribution in [2.45, 2.75) is 0 Å². The summed E-state index contributed by atoms with van der Waals surface area (Å²) >= 11 is 7.50. The predicted octanol–water partition coefficient (Wildman–Crippen LogP) is 3.51. The number of hydrogen-bond acceptors (Lipinski definition) is 4. The number of pyridine rings is 1. The molecule has 4 aromatic rings. The molecule has 5 nitrogen and oxygen atoms in total. The van der Waals surface area contributed by atoms with Crippen molar-refractivity contribution < 1.29 is 19.4 Å². The van der Waals surface area contributed by atoms with Gasteiger partial charge in [-0.05, 0) is 23.8 Å². The summed E-state index contributed by atoms with van der Waals surface area (Å²) < 4.78 is 16.7. The van der Waals surface area contributed by atoms with E-state index in [1.165, 1.54) is 28.7 Å². The van der Waals surface area contributed by atoms with E-state index >= 15 is 0 Å². The average molecular weight is 390 g/mol. The summed E-state index contributed by atoms with van der Waals surface area (Å²) in [7, 11) is 0. The highest BCUT2D eigenvalue weighted by Gasteiger charge is 2.25. The van der Waals surface area contributed by atoms with Gasteiger partial charge in [0, 0.05) is 5.56 Å². The molecule has 0 radical (unpaired) electrons. The first-order chi connectivity index (χ1) is 12.3. The second-order valence-corrected chi connectivity index (χ2v) is 7.08. The number of nitrogens with zero attached hydrogens (tertiary/aromatic N) is 1. The van der Waals surface area contributed by atoms with Crippen LogP contribution in [0.3, 0.4) is 0 Å². The predicted molar refractivity (Wildman–Crippen MR) is 98.8 cm³/mol. The van der Waals surface area contributed by atoms with Crippen LogP contribution in [0.4, 0.5) is 4.39 Å². The molecule has 0 amide bonds. The van der Waals surface area contributed by atoms with Gasteiger partial charge in [-0.1, -0.05) is 41.6 Å². The van der Waals surface area contributed by atoms with Gasteiger partial charge < -0.3 is 10.2 Å². The molecule has 2 aromatic carbocycles. The zero-order chi connectivity index (χ0) is 18.7. The quantitative estimate of drug-likeness (QED) is 0.550. The van der Waals surface area contributed by atoms with Gasteiger partial charge >= 0.3 is 5.97 Å². The van der Waals surface area contributed by atoms with Crippen molar-refractivity contribution >= 4 is 51.2 Å². The molecule has 26 heavy (non-hydrogen) atoms. The van der Waals surface area contributed by atoms with Gasteiger partial charge in [-0.25, -0.2) is 9.18 Å². The SMILES string of the molecule is C=c1sc2c(C(=O)O)c(=O)c3cc(F)c(-c4ccc(O)cc4)c(Cl)c3n12. The van der Waals surface area contributed by atoms with Crippen molar-refractivity contribution in [3.63, 3.8) is 0 Å². The molecule has 0 saturated heterocycles. The molecule has 8 heteroatoms. The number of carbonyl (C=O) groups is 1. The van der Waals surface area contributed by atoms with Crippen molar-refractivity contribution in [3.8, 4) is 16.9 Å². The fourth-order valence-corrected chi connectivity index (χ4v) is 4.31. The van der Waals surface area contributed by atoms with Crippen molar-refractivity contribution in [2.75, 3.05) is 0 Å². The number of carboxylic acid groups (broad SMARTS) is 1. The molecule has 0 fully saturated rings. The molecule has 130 valence electrons. The standard InChI is InChI=1S/C18H9ClFNO4S/c1-7-21-15-10(16(23)13(18(24)25)17(21)26-7)6-11(20)12(14(15)19)8-2-4-9(22)5-3-8/h2-6,22H,1H2,(H,24,25). The van der Waals surface area contributed by atoms with Gasteiger partial charge in [0.15, 0.2) is 0 Å². The second kappa shape index (κ2) is 5.55. The molecule has 0 unspecified atom stereocenters. The van der Waals surface area contributed by atoms with Crippen LogP contribution in [0.25, 0.3) is 33.4 Å². The Morgan fingerprint density at radius 1 is 1.27 bits per heavy atom. The minimum atomic E-state index is -1.39. The average Bonchev–Trinajstić information content (AvgIpc) is 2.57. The Morgan fingerprint density at radius 2 is 1.92 bits per heavy atom. The maximum Gasteiger partial charge on any atom is 0.342 e. The molecular formula is C18H9ClFNO4S. The highest BCUT2D eigenvalue weighted by molar-refractivity contribution is 7.17. The lowest BCUT2D eigenvalue weighted by molar-refractivity contribution is 0.0697. The Labute approximate surface area is 153 Å². The topological polar surface area (TPSA) is 79.0 Å². The van der Waals surface area contributed by atoms with Gasteiger partial charge in [0.2, 0.25) is 5.43 Å². The van der Waals surface area contributed by atoms with E-state index in [0.29, 0.717) is 10.2 Å². The first kappa shape index (κ1) is 16.6. The van der Waals surface area contributed by atoms with Crippen molar-refractivity contribution in [1.82, 2.24) is 4.40 Å². The molecule has 0 saturated carbocycles. The first-order valence-electron chi connectivity index (χ1n) is 7.31. The van der Waals surface area contributed by atoms with Gasteiger partial charge in [-0.15, -0.1) is 0 Å². The number of benzene rings is 2. The number of hydrogen-bond donors (Lipinski definition) is 2. The molecular weight excluding hydrogens is 381 g/mol. The zero-order valence-electron chi connectivity index (χ0n) is 12.9. The Hall–Kier alpha value is -2.90. The number of rotatable bonds is 2. The van der Waals surface area contributed by atoms with Gasteiger partial charge in [0.25, 0.3) is 0 Å². The normalized spacial score (nSPS) is 11.5. The van der Waals surface area contributed by atoms with Crippen LogP contribution in [0.15, 0.2) is 35.1 Å². The highest BCUT2D eigenvalue weighted by Crippen LogP contribution is 2.37. The maximum atomic E-state index is 14.8. The molecule has 4 rings (SSSR count). The van der Waals surface area contributed by atoms with E-state index in [0.717, 1.165) is 17.4 Å². The van der Waals surface area contributed by atoms with Gasteiger partial charge in [-0.3, -0.25) is 9.20 Å². The third-order valence-corrected chi connectivity index (χ3v) is 5.50. The number of aromatic hydroxyl groups is 1. The Kier molecular flexibility index (Phi) is 3.54. The van der Waals surface area contributed by atoms with Crippen LogP contribution in [0, 0.1) is 5.82 Å². The molecule has 0 bridgehead atoms. The number of aromatic carboxylic acids is 1. The van der Waals surface area contributed by atoms with Crippen LogP contribution < -0.4 is 10.1 Å². The molecule has 0 aliphatic rings. The number of carboxylic acids is 1. The molecule has 0 spiro atoms. The number of fused-ring (bicyclic) bond motifs is 3. The van der Waals surface area contributed by atoms with E-state index in [2.05, 4.69) is 6.58 Å². The third-order valence-electron chi connectivity index (χ3n) is 4.14. The van der Waals surface area contributed by atoms with Crippen LogP contribution in [0.1, 0.15) is 10.4 Å². The molecule has 2 N–H and O–H groups in total. The van der Waals surface area contributed by atoms with Crippen LogP contribution >= 0.6 is 22.9 Å². The number of phenols is 1. The van der Waals surface area contributed by atoms with Crippen LogP contribution in [0.2, 0.25) is 5.02 Å². The van der Waals surface area contributed by atoms with E-state index in [4.69, 9.17) is 11.6 Å². The summed E-state index contributed by atoms with van der Waals surface area (Å²) in [5, 5.41) is 18.6. The monoisotopic (exact) mass is 389 g/mol. The van der Waals surface area contributed by atoms with E-state index in [-0.39, 0.29) is 32.1 Å². The fraction of sp³-hybridized carbons (Fsp3) is 0. The minimum Gasteiger partial charge on any atom is -0.508 e. The first-order valence-corrected chi connectivity index (χ1v) is 8.51. The van der Waals surface area contributed by atoms with Crippen molar-refractivity contribution in [1.29, 1.82) is 0 Å². The van der Waals surface area contributed by atoms with E-state index in [1.54, 1.807) is 0 Å². The largest absolute Gasteiger partial charge is 0.508 e. The van der Waals surface area contributed by atoms with Crippen LogP contribution in [0.5, 0.6) is 5.75 Å². The van der Waals surface area contributed by atoms with Crippen LogP contribution in [-0.4, -0.2) is 20.6 Å². The van der Waals surface area contributed by atoms with Gasteiger partial charge in [0.1, 0.15) is 22.0 Å². The second-order valence-electron chi connectivity index (χ2n) is 5.64. The fourth-order valence-electron chi connectivity index (χ4n) is 2.98. The summed E-state index contributed by atoms with van der Waals surface area (Å²) in [5.41, 5.74) is -0.542. The lowest BCUT2D eigenvalue weighted by Gasteiger charge is -2.16. The Balaban J connectivity index is 2.21. The maximum absolute atomic E-state index is 14.8. The molecule has 2 aromatic heterocycles. The summed E-state index contributed by atoms with van der Waals surface area (Å²) in [4.78, 5) is 24.3. The number of aromatic nitrogens is 1. The zero-order valence-corrected chi connectivity index (χ0v) is 14.5. The summed E-state index contributed by atoms with van der Waals surface area (Å²) in [6.07, 6.45) is 0. The van der Waals surface area contributed by atoms with Crippen LogP contribution in [-0.2, 0) is 0 Å². The highest BCUT2D eigenvalue weighted by atomic mass is 35.5. The Morgan fingerprint density at radius 3 is 2.50 bits per heavy atom. The third kappa shape index (κ3) is 2.14. The smallest absolute Gasteiger partial charge is 0.342 e. The number of phenolic OH excluding ortho intramolecular Hbond substituents is 1. The van der Waals surface area contributed by atoms with E-state index < -0.39 is 22.8 Å². The molecule has 0 aliphatic heterocycles. The van der Waals surface area contributed by atoms with Crippen molar-refractivity contribution in [2.24, 2.45) is 0 Å². The van der Waals surface area contributed by atoms with Gasteiger partial charge in [0.05, 0.1) is 20.6 Å². The summed E-state index contributed by atoms with van der Waals surface area (Å²) in [6, 6.07) is 6.76. The molecule has 0 atom stereocenters. The van der Waals surface area contributed by atoms with Crippen molar-refractivity contribution in [3.05, 3.63) is 61.6 Å². The summed E-state index contributed by atoms with van der Waals surface area (Å²) in [6.45, 7) is 3.81.